The molecule has 0 atom stereocenters. The highest BCUT2D eigenvalue weighted by atomic mass is 15.2. The summed E-state index contributed by atoms with van der Waals surface area (Å²) in [5.74, 6) is 0.175. The van der Waals surface area contributed by atoms with E-state index in [2.05, 4.69) is 18.2 Å². The fourth-order valence-corrected chi connectivity index (χ4v) is 1.70. The number of hydrogen-bond acceptors (Lipinski definition) is 1. The average molecular weight is 191 g/mol. The molecule has 0 amide bonds. The predicted octanol–water partition coefficient (Wildman–Crippen LogP) is 1.57. The van der Waals surface area contributed by atoms with Crippen LogP contribution in [0.2, 0.25) is 0 Å². The van der Waals surface area contributed by atoms with Gasteiger partial charge in [0.15, 0.2) is 5.96 Å². The summed E-state index contributed by atoms with van der Waals surface area (Å²) < 4.78 is 0. The minimum absolute atomic E-state index is 0. The van der Waals surface area contributed by atoms with Crippen LogP contribution in [0.4, 0.5) is 0 Å². The van der Waals surface area contributed by atoms with E-state index in [0.717, 1.165) is 19.5 Å². The summed E-state index contributed by atoms with van der Waals surface area (Å²) in [5.41, 5.74) is 8.12. The molecule has 1 aromatic rings. The third kappa shape index (κ3) is 1.87. The largest absolute Gasteiger partial charge is 0.370 e. The summed E-state index contributed by atoms with van der Waals surface area (Å²) in [5, 5.41) is 7.33. The number of nitrogens with two attached hydrogens (primary N) is 1. The molecule has 1 aliphatic heterocycles. The van der Waals surface area contributed by atoms with Gasteiger partial charge in [0.25, 0.3) is 0 Å². The van der Waals surface area contributed by atoms with Gasteiger partial charge in [-0.3, -0.25) is 5.41 Å². The Labute approximate surface area is 85.0 Å². The highest BCUT2D eigenvalue weighted by Crippen LogP contribution is 2.17. The molecule has 0 unspecified atom stereocenters. The van der Waals surface area contributed by atoms with E-state index in [9.17, 15) is 0 Å². The van der Waals surface area contributed by atoms with Crippen molar-refractivity contribution in [3.63, 3.8) is 0 Å². The van der Waals surface area contributed by atoms with Gasteiger partial charge in [0.1, 0.15) is 0 Å². The van der Waals surface area contributed by atoms with Gasteiger partial charge in [0.2, 0.25) is 0 Å². The molecule has 0 bridgehead atoms. The van der Waals surface area contributed by atoms with Gasteiger partial charge in [-0.05, 0) is 17.5 Å². The van der Waals surface area contributed by atoms with Crippen molar-refractivity contribution in [3.8, 4) is 0 Å². The molecule has 14 heavy (non-hydrogen) atoms. The molecule has 0 radical (unpaired) electrons. The van der Waals surface area contributed by atoms with Gasteiger partial charge >= 0.3 is 0 Å². The molecule has 2 rings (SSSR count). The second kappa shape index (κ2) is 4.13. The van der Waals surface area contributed by atoms with E-state index in [1.54, 1.807) is 0 Å². The molecule has 0 saturated carbocycles. The van der Waals surface area contributed by atoms with Crippen LogP contribution in [0.5, 0.6) is 0 Å². The van der Waals surface area contributed by atoms with E-state index in [1.165, 1.54) is 11.1 Å². The molecule has 0 fully saturated rings. The highest BCUT2D eigenvalue weighted by molar-refractivity contribution is 5.74. The second-order valence-electron chi connectivity index (χ2n) is 3.33. The molecule has 1 aliphatic rings. The first-order valence-electron chi connectivity index (χ1n) is 4.43. The topological polar surface area (TPSA) is 53.1 Å². The molecule has 3 nitrogen and oxygen atoms in total. The van der Waals surface area contributed by atoms with Crippen molar-refractivity contribution in [2.24, 2.45) is 5.73 Å². The van der Waals surface area contributed by atoms with Crippen LogP contribution >= 0.6 is 0 Å². The number of fused-ring (bicyclic) bond motifs is 1. The summed E-state index contributed by atoms with van der Waals surface area (Å²) >= 11 is 0. The zero-order valence-corrected chi connectivity index (χ0v) is 7.46. The second-order valence-corrected chi connectivity index (χ2v) is 3.33. The Morgan fingerprint density at radius 3 is 2.57 bits per heavy atom. The van der Waals surface area contributed by atoms with E-state index < -0.39 is 0 Å². The standard InChI is InChI=1S/C10H13N3.CH4/c11-10(12)13-6-5-8-3-1-2-4-9(8)7-13;/h1-4H,5-7H2,(H3,11,12);1H4. The van der Waals surface area contributed by atoms with Crippen molar-refractivity contribution in [3.05, 3.63) is 35.4 Å². The lowest BCUT2D eigenvalue weighted by Gasteiger charge is -2.28. The summed E-state index contributed by atoms with van der Waals surface area (Å²) in [6.07, 6.45) is 0.996. The molecule has 0 saturated heterocycles. The van der Waals surface area contributed by atoms with Gasteiger partial charge in [0, 0.05) is 13.1 Å². The Morgan fingerprint density at radius 1 is 1.29 bits per heavy atom. The minimum Gasteiger partial charge on any atom is -0.370 e. The molecule has 3 heteroatoms. The number of nitrogens with one attached hydrogen (secondary N) is 1. The fourth-order valence-electron chi connectivity index (χ4n) is 1.70. The maximum absolute atomic E-state index is 7.33. The number of guanidine groups is 1. The summed E-state index contributed by atoms with van der Waals surface area (Å²) in [6, 6.07) is 8.34. The molecule has 0 aromatic heterocycles. The Balaban J connectivity index is 0.000000980. The van der Waals surface area contributed by atoms with Gasteiger partial charge < -0.3 is 10.6 Å². The van der Waals surface area contributed by atoms with Crippen molar-refractivity contribution in [1.29, 1.82) is 5.41 Å². The third-order valence-corrected chi connectivity index (χ3v) is 2.47. The SMILES string of the molecule is C.N=C(N)N1CCc2ccccc2C1. The van der Waals surface area contributed by atoms with Gasteiger partial charge in [0.05, 0.1) is 0 Å². The van der Waals surface area contributed by atoms with Crippen LogP contribution in [0, 0.1) is 5.41 Å². The van der Waals surface area contributed by atoms with Crippen LogP contribution in [-0.4, -0.2) is 17.4 Å². The molecule has 76 valence electrons. The van der Waals surface area contributed by atoms with E-state index in [-0.39, 0.29) is 13.4 Å². The van der Waals surface area contributed by atoms with Crippen molar-refractivity contribution in [1.82, 2.24) is 4.90 Å². The lowest BCUT2D eigenvalue weighted by molar-refractivity contribution is 0.387. The number of hydrogen-bond donors (Lipinski definition) is 2. The third-order valence-electron chi connectivity index (χ3n) is 2.47. The van der Waals surface area contributed by atoms with E-state index >= 15 is 0 Å². The normalized spacial score (nSPS) is 14.1. The Morgan fingerprint density at radius 2 is 1.93 bits per heavy atom. The van der Waals surface area contributed by atoms with Crippen molar-refractivity contribution < 1.29 is 0 Å². The van der Waals surface area contributed by atoms with Gasteiger partial charge in [-0.25, -0.2) is 0 Å². The van der Waals surface area contributed by atoms with Crippen molar-refractivity contribution in [2.75, 3.05) is 6.54 Å². The predicted molar refractivity (Wildman–Crippen MR) is 59.2 cm³/mol. The van der Waals surface area contributed by atoms with E-state index in [1.807, 2.05) is 11.0 Å². The molecule has 1 aromatic carbocycles. The highest BCUT2D eigenvalue weighted by Gasteiger charge is 2.15. The quantitative estimate of drug-likeness (QED) is 0.483. The molecular formula is C11H17N3. The van der Waals surface area contributed by atoms with Crippen LogP contribution in [-0.2, 0) is 13.0 Å². The summed E-state index contributed by atoms with van der Waals surface area (Å²) in [7, 11) is 0. The zero-order valence-electron chi connectivity index (χ0n) is 7.46. The summed E-state index contributed by atoms with van der Waals surface area (Å²) in [6.45, 7) is 1.65. The smallest absolute Gasteiger partial charge is 0.188 e. The lowest BCUT2D eigenvalue weighted by atomic mass is 10.0. The van der Waals surface area contributed by atoms with E-state index in [0.29, 0.717) is 0 Å². The Bertz CT molecular complexity index is 333. The van der Waals surface area contributed by atoms with Crippen LogP contribution in [0.1, 0.15) is 18.6 Å². The molecule has 3 N–H and O–H groups in total. The van der Waals surface area contributed by atoms with E-state index in [4.69, 9.17) is 11.1 Å². The van der Waals surface area contributed by atoms with Crippen LogP contribution in [0.15, 0.2) is 24.3 Å². The monoisotopic (exact) mass is 191 g/mol. The molecule has 0 spiro atoms. The molecule has 1 heterocycles. The first-order valence-corrected chi connectivity index (χ1v) is 4.43. The first kappa shape index (κ1) is 10.6. The number of nitrogens with zero attached hydrogens (tertiary/aromatic N) is 1. The van der Waals surface area contributed by atoms with Gasteiger partial charge in [-0.2, -0.15) is 0 Å². The van der Waals surface area contributed by atoms with Crippen LogP contribution < -0.4 is 5.73 Å². The van der Waals surface area contributed by atoms with Crippen LogP contribution in [0.3, 0.4) is 0 Å². The summed E-state index contributed by atoms with van der Waals surface area (Å²) in [4.78, 5) is 1.89. The number of rotatable bonds is 0. The maximum atomic E-state index is 7.33. The lowest BCUT2D eigenvalue weighted by Crippen LogP contribution is -2.39. The fraction of sp³-hybridized carbons (Fsp3) is 0.364. The van der Waals surface area contributed by atoms with Gasteiger partial charge in [-0.15, -0.1) is 0 Å². The van der Waals surface area contributed by atoms with Crippen molar-refractivity contribution >= 4 is 5.96 Å². The maximum Gasteiger partial charge on any atom is 0.188 e. The van der Waals surface area contributed by atoms with Crippen molar-refractivity contribution in [2.45, 2.75) is 20.4 Å². The Kier molecular flexibility index (Phi) is 3.12. The van der Waals surface area contributed by atoms with Gasteiger partial charge in [-0.1, -0.05) is 31.7 Å². The molecule has 0 aliphatic carbocycles. The van der Waals surface area contributed by atoms with Crippen LogP contribution in [0.25, 0.3) is 0 Å². The average Bonchev–Trinajstić information content (AvgIpc) is 2.17. The zero-order chi connectivity index (χ0) is 9.26. The first-order chi connectivity index (χ1) is 6.27. The minimum atomic E-state index is 0. The molecular weight excluding hydrogens is 174 g/mol. The number of benzene rings is 1. The Hall–Kier alpha value is -1.51.